The number of methoxy groups -OCH3 is 1. The van der Waals surface area contributed by atoms with Crippen molar-refractivity contribution in [1.29, 1.82) is 0 Å². The van der Waals surface area contributed by atoms with Gasteiger partial charge in [-0.25, -0.2) is 4.39 Å². The molecule has 0 rings (SSSR count). The Labute approximate surface area is 89.5 Å². The summed E-state index contributed by atoms with van der Waals surface area (Å²) in [6.45, 7) is 2.08. The van der Waals surface area contributed by atoms with Gasteiger partial charge in [0.05, 0.1) is 12.7 Å². The second-order valence-corrected chi connectivity index (χ2v) is 4.14. The lowest BCUT2D eigenvalue weighted by Crippen LogP contribution is -2.13. The van der Waals surface area contributed by atoms with E-state index in [2.05, 4.69) is 0 Å². The predicted octanol–water partition coefficient (Wildman–Crippen LogP) is 2.38. The van der Waals surface area contributed by atoms with Gasteiger partial charge in [-0.05, 0) is 25.5 Å². The number of ether oxygens (including phenoxy) is 1. The van der Waals surface area contributed by atoms with E-state index in [-0.39, 0.29) is 11.9 Å². The van der Waals surface area contributed by atoms with E-state index in [1.807, 2.05) is 0 Å². The first-order chi connectivity index (χ1) is 6.70. The highest BCUT2D eigenvalue weighted by Gasteiger charge is 2.02. The third-order valence-corrected chi connectivity index (χ3v) is 2.80. The van der Waals surface area contributed by atoms with Crippen LogP contribution in [0.1, 0.15) is 19.8 Å². The number of halogens is 1. The zero-order valence-electron chi connectivity index (χ0n) is 8.83. The van der Waals surface area contributed by atoms with Crippen molar-refractivity contribution in [3.05, 3.63) is 11.9 Å². The minimum Gasteiger partial charge on any atom is -0.391 e. The lowest BCUT2D eigenvalue weighted by atomic mass is 10.2. The van der Waals surface area contributed by atoms with Crippen molar-refractivity contribution >= 4 is 11.8 Å². The molecule has 4 heteroatoms. The fraction of sp³-hybridized carbons (Fsp3) is 0.800. The van der Waals surface area contributed by atoms with Gasteiger partial charge in [0.2, 0.25) is 0 Å². The first-order valence-electron chi connectivity index (χ1n) is 4.76. The largest absolute Gasteiger partial charge is 0.391 e. The Morgan fingerprint density at radius 2 is 2.36 bits per heavy atom. The van der Waals surface area contributed by atoms with Gasteiger partial charge in [-0.2, -0.15) is 11.8 Å². The molecule has 0 spiro atoms. The molecule has 0 aliphatic rings. The second kappa shape index (κ2) is 9.49. The van der Waals surface area contributed by atoms with Crippen molar-refractivity contribution in [3.63, 3.8) is 0 Å². The summed E-state index contributed by atoms with van der Waals surface area (Å²) in [5.41, 5.74) is 0. The molecule has 0 aromatic rings. The fourth-order valence-corrected chi connectivity index (χ4v) is 1.83. The summed E-state index contributed by atoms with van der Waals surface area (Å²) in [6, 6.07) is 0. The quantitative estimate of drug-likeness (QED) is 0.639. The van der Waals surface area contributed by atoms with E-state index >= 15 is 0 Å². The van der Waals surface area contributed by atoms with Crippen LogP contribution in [0.15, 0.2) is 11.9 Å². The van der Waals surface area contributed by atoms with Crippen LogP contribution < -0.4 is 0 Å². The fourth-order valence-electron chi connectivity index (χ4n) is 0.950. The molecule has 0 bridgehead atoms. The van der Waals surface area contributed by atoms with E-state index in [0.29, 0.717) is 12.4 Å². The topological polar surface area (TPSA) is 29.5 Å². The van der Waals surface area contributed by atoms with E-state index in [1.165, 1.54) is 6.08 Å². The molecule has 0 saturated carbocycles. The van der Waals surface area contributed by atoms with Crippen molar-refractivity contribution in [2.24, 2.45) is 0 Å². The highest BCUT2D eigenvalue weighted by atomic mass is 32.2. The molecule has 1 atom stereocenters. The SMILES string of the molecule is C/C=C(\F)CSCCCC(O)COC. The first kappa shape index (κ1) is 13.9. The van der Waals surface area contributed by atoms with Crippen LogP contribution in [-0.2, 0) is 4.74 Å². The van der Waals surface area contributed by atoms with Gasteiger partial charge in [0, 0.05) is 12.9 Å². The van der Waals surface area contributed by atoms with E-state index < -0.39 is 0 Å². The molecule has 14 heavy (non-hydrogen) atoms. The Hall–Kier alpha value is -0.0600. The zero-order valence-corrected chi connectivity index (χ0v) is 9.65. The van der Waals surface area contributed by atoms with E-state index in [9.17, 15) is 9.50 Å². The Kier molecular flexibility index (Phi) is 9.45. The minimum absolute atomic E-state index is 0.0764. The monoisotopic (exact) mass is 222 g/mol. The van der Waals surface area contributed by atoms with Gasteiger partial charge >= 0.3 is 0 Å². The molecule has 0 aliphatic carbocycles. The van der Waals surface area contributed by atoms with Crippen LogP contribution in [0.2, 0.25) is 0 Å². The van der Waals surface area contributed by atoms with E-state index in [0.717, 1.165) is 18.6 Å². The van der Waals surface area contributed by atoms with Gasteiger partial charge < -0.3 is 9.84 Å². The van der Waals surface area contributed by atoms with Crippen LogP contribution in [0.25, 0.3) is 0 Å². The summed E-state index contributed by atoms with van der Waals surface area (Å²) in [7, 11) is 1.57. The molecule has 0 aromatic heterocycles. The number of rotatable bonds is 8. The first-order valence-corrected chi connectivity index (χ1v) is 5.91. The second-order valence-electron chi connectivity index (χ2n) is 3.04. The van der Waals surface area contributed by atoms with Gasteiger partial charge in [-0.3, -0.25) is 0 Å². The Morgan fingerprint density at radius 1 is 1.64 bits per heavy atom. The molecule has 2 nitrogen and oxygen atoms in total. The Morgan fingerprint density at radius 3 is 2.93 bits per heavy atom. The van der Waals surface area contributed by atoms with Crippen molar-refractivity contribution in [2.75, 3.05) is 25.2 Å². The van der Waals surface area contributed by atoms with E-state index in [1.54, 1.807) is 25.8 Å². The van der Waals surface area contributed by atoms with E-state index in [4.69, 9.17) is 4.74 Å². The van der Waals surface area contributed by atoms with Gasteiger partial charge in [0.15, 0.2) is 0 Å². The third kappa shape index (κ3) is 8.53. The maximum absolute atomic E-state index is 12.6. The van der Waals surface area contributed by atoms with Crippen LogP contribution in [0.3, 0.4) is 0 Å². The van der Waals surface area contributed by atoms with Gasteiger partial charge in [-0.15, -0.1) is 0 Å². The van der Waals surface area contributed by atoms with Crippen LogP contribution in [0.5, 0.6) is 0 Å². The average molecular weight is 222 g/mol. The Bertz CT molecular complexity index is 162. The summed E-state index contributed by atoms with van der Waals surface area (Å²) in [6.07, 6.45) is 2.71. The van der Waals surface area contributed by atoms with Gasteiger partial charge in [0.25, 0.3) is 0 Å². The molecule has 1 unspecified atom stereocenters. The van der Waals surface area contributed by atoms with Gasteiger partial charge in [-0.1, -0.05) is 6.08 Å². The normalized spacial score (nSPS) is 14.4. The maximum Gasteiger partial charge on any atom is 0.106 e. The summed E-state index contributed by atoms with van der Waals surface area (Å²) >= 11 is 1.55. The highest BCUT2D eigenvalue weighted by Crippen LogP contribution is 2.11. The molecule has 84 valence electrons. The molecule has 0 amide bonds. The molecule has 0 fully saturated rings. The highest BCUT2D eigenvalue weighted by molar-refractivity contribution is 7.99. The zero-order chi connectivity index (χ0) is 10.8. The van der Waals surface area contributed by atoms with Crippen molar-refractivity contribution in [3.8, 4) is 0 Å². The molecule has 0 aliphatic heterocycles. The number of thioether (sulfide) groups is 1. The molecular weight excluding hydrogens is 203 g/mol. The number of allylic oxidation sites excluding steroid dienone is 1. The Balaban J connectivity index is 3.21. The molecule has 0 heterocycles. The van der Waals surface area contributed by atoms with Crippen molar-refractivity contribution in [1.82, 2.24) is 0 Å². The molecule has 0 saturated heterocycles. The summed E-state index contributed by atoms with van der Waals surface area (Å²) in [5, 5.41) is 9.28. The van der Waals surface area contributed by atoms with Crippen LogP contribution in [0, 0.1) is 0 Å². The van der Waals surface area contributed by atoms with Crippen LogP contribution in [-0.4, -0.2) is 36.4 Å². The third-order valence-electron chi connectivity index (χ3n) is 1.74. The number of aliphatic hydroxyl groups excluding tert-OH is 1. The maximum atomic E-state index is 12.6. The molecular formula is C10H19FO2S. The summed E-state index contributed by atoms with van der Waals surface area (Å²) in [4.78, 5) is 0. The van der Waals surface area contributed by atoms with Crippen molar-refractivity contribution < 1.29 is 14.2 Å². The number of hydrogen-bond acceptors (Lipinski definition) is 3. The smallest absolute Gasteiger partial charge is 0.106 e. The lowest BCUT2D eigenvalue weighted by Gasteiger charge is -2.08. The summed E-state index contributed by atoms with van der Waals surface area (Å²) < 4.78 is 17.4. The average Bonchev–Trinajstić information content (AvgIpc) is 2.17. The lowest BCUT2D eigenvalue weighted by molar-refractivity contribution is 0.0591. The standard InChI is InChI=1S/C10H19FO2S/c1-3-9(11)8-14-6-4-5-10(12)7-13-2/h3,10,12H,4-8H2,1-2H3/b9-3-. The van der Waals surface area contributed by atoms with Crippen LogP contribution >= 0.6 is 11.8 Å². The molecule has 0 aromatic carbocycles. The number of aliphatic hydroxyl groups is 1. The van der Waals surface area contributed by atoms with Crippen LogP contribution in [0.4, 0.5) is 4.39 Å². The summed E-state index contributed by atoms with van der Waals surface area (Å²) in [5.74, 6) is 1.24. The van der Waals surface area contributed by atoms with Crippen molar-refractivity contribution in [2.45, 2.75) is 25.9 Å². The predicted molar refractivity (Wildman–Crippen MR) is 59.3 cm³/mol. The minimum atomic E-state index is -0.382. The number of hydrogen-bond donors (Lipinski definition) is 1. The molecule has 1 N–H and O–H groups in total. The van der Waals surface area contributed by atoms with Gasteiger partial charge in [0.1, 0.15) is 5.83 Å². The molecule has 0 radical (unpaired) electrons.